The normalized spacial score (nSPS) is 36.8. The molecule has 5 heteroatoms. The molecule has 0 aliphatic heterocycles. The minimum atomic E-state index is -0.356. The van der Waals surface area contributed by atoms with E-state index in [2.05, 4.69) is 12.2 Å². The molecule has 0 aromatic heterocycles. The van der Waals surface area contributed by atoms with Crippen LogP contribution in [0.3, 0.4) is 0 Å². The molecular weight excluding hydrogens is 508 g/mol. The van der Waals surface area contributed by atoms with Crippen molar-refractivity contribution in [3.8, 4) is 0 Å². The SMILES string of the molecule is CC(O)[C@H]1CC[C@H]2[C@@H]3CCC4CC(N(C)C(=O)c5ccccc5)CC[C@]4(C)[C@H]3CC[C@]12CNC(=O)c1ccccc1. The number of rotatable bonds is 6. The quantitative estimate of drug-likeness (QED) is 0.422. The van der Waals surface area contributed by atoms with Crippen molar-refractivity contribution in [1.82, 2.24) is 10.2 Å². The van der Waals surface area contributed by atoms with Gasteiger partial charge in [0.05, 0.1) is 6.10 Å². The molecule has 41 heavy (non-hydrogen) atoms. The van der Waals surface area contributed by atoms with Gasteiger partial charge < -0.3 is 15.3 Å². The van der Waals surface area contributed by atoms with Gasteiger partial charge in [-0.15, -0.1) is 0 Å². The summed E-state index contributed by atoms with van der Waals surface area (Å²) < 4.78 is 0. The molecule has 0 heterocycles. The van der Waals surface area contributed by atoms with E-state index >= 15 is 0 Å². The maximum atomic E-state index is 13.2. The van der Waals surface area contributed by atoms with Gasteiger partial charge in [-0.25, -0.2) is 0 Å². The van der Waals surface area contributed by atoms with Crippen LogP contribution in [0.5, 0.6) is 0 Å². The molecule has 5 nitrogen and oxygen atoms in total. The van der Waals surface area contributed by atoms with Gasteiger partial charge in [-0.1, -0.05) is 43.3 Å². The molecule has 0 radical (unpaired) electrons. The van der Waals surface area contributed by atoms with Gasteiger partial charge in [0.15, 0.2) is 0 Å². The van der Waals surface area contributed by atoms with E-state index in [-0.39, 0.29) is 29.3 Å². The molecule has 4 aliphatic rings. The first kappa shape index (κ1) is 28.5. The fraction of sp³-hybridized carbons (Fsp3) is 0.611. The van der Waals surface area contributed by atoms with Crippen molar-refractivity contribution < 1.29 is 14.7 Å². The Morgan fingerprint density at radius 3 is 2.27 bits per heavy atom. The van der Waals surface area contributed by atoms with Crippen molar-refractivity contribution in [3.63, 3.8) is 0 Å². The maximum absolute atomic E-state index is 13.2. The van der Waals surface area contributed by atoms with E-state index in [4.69, 9.17) is 0 Å². The third kappa shape index (κ3) is 4.92. The second kappa shape index (κ2) is 11.2. The predicted octanol–water partition coefficient (Wildman–Crippen LogP) is 6.58. The second-order valence-electron chi connectivity index (χ2n) is 14.1. The number of aliphatic hydroxyl groups excluding tert-OH is 1. The Hall–Kier alpha value is -2.66. The highest BCUT2D eigenvalue weighted by atomic mass is 16.3. The lowest BCUT2D eigenvalue weighted by atomic mass is 9.44. The average Bonchev–Trinajstić information content (AvgIpc) is 3.40. The van der Waals surface area contributed by atoms with Crippen LogP contribution in [0.1, 0.15) is 92.4 Å². The number of carbonyl (C=O) groups is 2. The largest absolute Gasteiger partial charge is 0.393 e. The van der Waals surface area contributed by atoms with Gasteiger partial charge in [-0.05, 0) is 129 Å². The summed E-state index contributed by atoms with van der Waals surface area (Å²) >= 11 is 0. The van der Waals surface area contributed by atoms with Crippen LogP contribution in [0.4, 0.5) is 0 Å². The molecule has 0 spiro atoms. The summed E-state index contributed by atoms with van der Waals surface area (Å²) in [5.74, 6) is 2.92. The van der Waals surface area contributed by atoms with E-state index in [1.807, 2.05) is 79.5 Å². The Bertz CT molecular complexity index is 1230. The van der Waals surface area contributed by atoms with Gasteiger partial charge in [-0.3, -0.25) is 9.59 Å². The predicted molar refractivity (Wildman–Crippen MR) is 162 cm³/mol. The Morgan fingerprint density at radius 1 is 0.902 bits per heavy atom. The highest BCUT2D eigenvalue weighted by Gasteiger charge is 2.62. The number of fused-ring (bicyclic) bond motifs is 5. The smallest absolute Gasteiger partial charge is 0.253 e. The fourth-order valence-corrected chi connectivity index (χ4v) is 10.4. The second-order valence-corrected chi connectivity index (χ2v) is 14.1. The lowest BCUT2D eigenvalue weighted by molar-refractivity contribution is -0.128. The zero-order chi connectivity index (χ0) is 28.8. The van der Waals surface area contributed by atoms with E-state index in [1.165, 1.54) is 25.7 Å². The Labute approximate surface area is 246 Å². The van der Waals surface area contributed by atoms with E-state index in [0.717, 1.165) is 37.7 Å². The van der Waals surface area contributed by atoms with E-state index < -0.39 is 0 Å². The van der Waals surface area contributed by atoms with Crippen LogP contribution < -0.4 is 5.32 Å². The lowest BCUT2D eigenvalue weighted by Gasteiger charge is -2.62. The number of aliphatic hydroxyl groups is 1. The van der Waals surface area contributed by atoms with Crippen LogP contribution in [-0.4, -0.2) is 47.6 Å². The lowest BCUT2D eigenvalue weighted by Crippen LogP contribution is -2.58. The molecule has 9 atom stereocenters. The molecule has 2 aromatic rings. The summed E-state index contributed by atoms with van der Waals surface area (Å²) in [6, 6.07) is 19.5. The van der Waals surface area contributed by atoms with Crippen LogP contribution in [0.2, 0.25) is 0 Å². The van der Waals surface area contributed by atoms with Crippen LogP contribution in [-0.2, 0) is 0 Å². The zero-order valence-electron chi connectivity index (χ0n) is 25.1. The molecule has 220 valence electrons. The van der Waals surface area contributed by atoms with Crippen molar-refractivity contribution in [1.29, 1.82) is 0 Å². The van der Waals surface area contributed by atoms with Crippen molar-refractivity contribution in [2.45, 2.75) is 83.8 Å². The van der Waals surface area contributed by atoms with Gasteiger partial charge in [0.25, 0.3) is 11.8 Å². The van der Waals surface area contributed by atoms with Crippen molar-refractivity contribution >= 4 is 11.8 Å². The fourth-order valence-electron chi connectivity index (χ4n) is 10.4. The summed E-state index contributed by atoms with van der Waals surface area (Å²) in [6.07, 6.45) is 9.95. The highest BCUT2D eigenvalue weighted by molar-refractivity contribution is 5.94. The summed E-state index contributed by atoms with van der Waals surface area (Å²) in [7, 11) is 2.00. The summed E-state index contributed by atoms with van der Waals surface area (Å²) in [6.45, 7) is 5.19. The maximum Gasteiger partial charge on any atom is 0.253 e. The summed E-state index contributed by atoms with van der Waals surface area (Å²) in [4.78, 5) is 28.3. The zero-order valence-corrected chi connectivity index (χ0v) is 25.1. The monoisotopic (exact) mass is 556 g/mol. The van der Waals surface area contributed by atoms with Gasteiger partial charge >= 0.3 is 0 Å². The molecule has 2 N–H and O–H groups in total. The Balaban J connectivity index is 1.18. The molecule has 0 bridgehead atoms. The number of benzene rings is 2. The average molecular weight is 557 g/mol. The van der Waals surface area contributed by atoms with E-state index in [0.29, 0.717) is 47.2 Å². The standard InChI is InChI=1S/C36H48N2O3/c1-24(39)30-16-17-32-29-15-14-27-22-28(38(3)34(41)26-12-8-5-9-13-26)18-20-35(27,2)31(29)19-21-36(30,32)23-37-33(40)25-10-6-4-7-11-25/h4-13,24,27-32,39H,14-23H2,1-3H3,(H,37,40)/t24?,27?,28?,29-,30-,31+,32+,35+,36+/m1/s1. The third-order valence-corrected chi connectivity index (χ3v) is 12.5. The van der Waals surface area contributed by atoms with E-state index in [9.17, 15) is 14.7 Å². The van der Waals surface area contributed by atoms with Crippen molar-refractivity contribution in [3.05, 3.63) is 71.8 Å². The van der Waals surface area contributed by atoms with Crippen molar-refractivity contribution in [2.75, 3.05) is 13.6 Å². The number of hydrogen-bond donors (Lipinski definition) is 2. The van der Waals surface area contributed by atoms with Gasteiger partial charge in [0.1, 0.15) is 0 Å². The van der Waals surface area contributed by atoms with Crippen LogP contribution in [0.25, 0.3) is 0 Å². The Kier molecular flexibility index (Phi) is 7.78. The molecular formula is C36H48N2O3. The number of amides is 2. The molecule has 6 rings (SSSR count). The number of nitrogens with one attached hydrogen (secondary N) is 1. The van der Waals surface area contributed by atoms with Gasteiger partial charge in [0.2, 0.25) is 0 Å². The number of nitrogens with zero attached hydrogens (tertiary/aromatic N) is 1. The first-order valence-electron chi connectivity index (χ1n) is 16.1. The third-order valence-electron chi connectivity index (χ3n) is 12.5. The molecule has 4 aliphatic carbocycles. The van der Waals surface area contributed by atoms with E-state index in [1.54, 1.807) is 0 Å². The molecule has 2 aromatic carbocycles. The number of carbonyl (C=O) groups excluding carboxylic acids is 2. The van der Waals surface area contributed by atoms with Crippen LogP contribution in [0.15, 0.2) is 60.7 Å². The summed E-state index contributed by atoms with van der Waals surface area (Å²) in [5, 5.41) is 14.3. The first-order valence-corrected chi connectivity index (χ1v) is 16.1. The van der Waals surface area contributed by atoms with Gasteiger partial charge in [-0.2, -0.15) is 0 Å². The Morgan fingerprint density at radius 2 is 1.59 bits per heavy atom. The topological polar surface area (TPSA) is 69.6 Å². The molecule has 0 saturated heterocycles. The number of hydrogen-bond acceptors (Lipinski definition) is 3. The first-order chi connectivity index (χ1) is 19.7. The van der Waals surface area contributed by atoms with Crippen LogP contribution >= 0.6 is 0 Å². The highest BCUT2D eigenvalue weighted by Crippen LogP contribution is 2.68. The van der Waals surface area contributed by atoms with Crippen LogP contribution in [0, 0.1) is 40.4 Å². The molecule has 2 amide bonds. The summed E-state index contributed by atoms with van der Waals surface area (Å²) in [5.41, 5.74) is 1.77. The molecule has 4 saturated carbocycles. The minimum Gasteiger partial charge on any atom is -0.393 e. The molecule has 4 fully saturated rings. The molecule has 3 unspecified atom stereocenters. The van der Waals surface area contributed by atoms with Gasteiger partial charge in [0, 0.05) is 30.8 Å². The van der Waals surface area contributed by atoms with Crippen molar-refractivity contribution in [2.24, 2.45) is 40.4 Å². The minimum absolute atomic E-state index is 0.000235.